The number of hydrogen-bond donors (Lipinski definition) is 1. The molecule has 0 atom stereocenters. The van der Waals surface area contributed by atoms with E-state index in [4.69, 9.17) is 0 Å². The maximum Gasteiger partial charge on any atom is 0.0963 e. The van der Waals surface area contributed by atoms with Crippen molar-refractivity contribution in [2.24, 2.45) is 0 Å². The molecule has 0 unspecified atom stereocenters. The van der Waals surface area contributed by atoms with Gasteiger partial charge in [-0.25, -0.2) is 4.98 Å². The summed E-state index contributed by atoms with van der Waals surface area (Å²) in [5, 5.41) is 0. The Morgan fingerprint density at radius 1 is 0.864 bits per heavy atom. The van der Waals surface area contributed by atoms with Crippen LogP contribution >= 0.6 is 0 Å². The quantitative estimate of drug-likeness (QED) is 0.430. The summed E-state index contributed by atoms with van der Waals surface area (Å²) < 4.78 is 0. The van der Waals surface area contributed by atoms with Gasteiger partial charge in [0.2, 0.25) is 0 Å². The fourth-order valence-corrected chi connectivity index (χ4v) is 2.73. The van der Waals surface area contributed by atoms with Crippen LogP contribution in [-0.4, -0.2) is 9.97 Å². The Balaban J connectivity index is 0.000000583. The van der Waals surface area contributed by atoms with Crippen molar-refractivity contribution in [1.29, 1.82) is 0 Å². The van der Waals surface area contributed by atoms with Crippen molar-refractivity contribution in [1.82, 2.24) is 9.97 Å². The summed E-state index contributed by atoms with van der Waals surface area (Å²) >= 11 is 0. The molecule has 0 bridgehead atoms. The van der Waals surface area contributed by atoms with Gasteiger partial charge in [0.15, 0.2) is 0 Å². The molecule has 111 valence electrons. The number of hydrogen-bond acceptors (Lipinski definition) is 1. The van der Waals surface area contributed by atoms with Crippen LogP contribution in [0.3, 0.4) is 0 Å². The molecule has 1 heterocycles. The van der Waals surface area contributed by atoms with Crippen LogP contribution < -0.4 is 0 Å². The minimum absolute atomic E-state index is 0. The van der Waals surface area contributed by atoms with E-state index in [1.54, 1.807) is 6.33 Å². The zero-order chi connectivity index (χ0) is 13.9. The van der Waals surface area contributed by atoms with E-state index in [-0.39, 0.29) is 40.1 Å². The second-order valence-electron chi connectivity index (χ2n) is 4.62. The van der Waals surface area contributed by atoms with Crippen LogP contribution in [0.5, 0.6) is 0 Å². The van der Waals surface area contributed by atoms with Crippen molar-refractivity contribution in [3.05, 3.63) is 73.4 Å². The average Bonchev–Trinajstić information content (AvgIpc) is 2.95. The minimum atomic E-state index is 0. The van der Waals surface area contributed by atoms with Gasteiger partial charge in [0, 0.05) is 43.8 Å². The van der Waals surface area contributed by atoms with Gasteiger partial charge in [-0.15, -0.1) is 0 Å². The first-order chi connectivity index (χ1) is 9.93. The van der Waals surface area contributed by atoms with Crippen LogP contribution in [0.25, 0.3) is 22.5 Å². The Bertz CT molecular complexity index is 672. The smallest absolute Gasteiger partial charge is 0.0963 e. The van der Waals surface area contributed by atoms with Crippen LogP contribution in [0, 0.1) is 7.43 Å². The van der Waals surface area contributed by atoms with Crippen LogP contribution in [0.4, 0.5) is 0 Å². The van der Waals surface area contributed by atoms with E-state index in [1.165, 1.54) is 22.3 Å². The van der Waals surface area contributed by atoms with Crippen molar-refractivity contribution in [3.8, 4) is 22.5 Å². The summed E-state index contributed by atoms with van der Waals surface area (Å²) in [6.07, 6.45) is 2.75. The summed E-state index contributed by atoms with van der Waals surface area (Å²) in [4.78, 5) is 7.79. The fraction of sp³-hybridized carbons (Fsp3) is 0.158. The third kappa shape index (κ3) is 3.23. The van der Waals surface area contributed by atoms with Crippen molar-refractivity contribution in [2.75, 3.05) is 0 Å². The number of benzene rings is 2. The maximum atomic E-state index is 4.50. The first kappa shape index (κ1) is 18.8. The Hall–Kier alpha value is -1.25. The maximum absolute atomic E-state index is 4.50. The minimum Gasteiger partial charge on any atom is -0.358 e. The second kappa shape index (κ2) is 8.40. The number of fused-ring (bicyclic) bond motifs is 5. The molecule has 4 rings (SSSR count). The Labute approximate surface area is 158 Å². The molecule has 1 aromatic heterocycles. The molecule has 1 N–H and O–H groups in total. The van der Waals surface area contributed by atoms with Crippen molar-refractivity contribution >= 4 is 0 Å². The molecule has 3 heteroatoms. The molecule has 1 radical (unpaired) electrons. The molecule has 0 saturated heterocycles. The molecular weight excluding hydrogens is 345 g/mol. The molecule has 0 saturated carbocycles. The summed E-state index contributed by atoms with van der Waals surface area (Å²) in [5.41, 5.74) is 7.40. The molecule has 1 aliphatic carbocycles. The monoisotopic (exact) mass is 366 g/mol. The number of nitrogens with one attached hydrogen (secondary N) is 1. The number of aromatic amines is 1. The zero-order valence-corrected chi connectivity index (χ0v) is 16.3. The SMILES string of the molecule is CC.[CH3-].[Y].c1ccc2c(c1)Cc1ccccc1-c1[nH]cnc1-2. The van der Waals surface area contributed by atoms with Gasteiger partial charge < -0.3 is 12.4 Å². The molecule has 0 spiro atoms. The molecule has 3 aromatic rings. The first-order valence-corrected chi connectivity index (χ1v) is 7.13. The largest absolute Gasteiger partial charge is 0.358 e. The predicted molar refractivity (Wildman–Crippen MR) is 90.0 cm³/mol. The van der Waals surface area contributed by atoms with E-state index in [1.807, 2.05) is 13.8 Å². The van der Waals surface area contributed by atoms with E-state index in [0.717, 1.165) is 17.8 Å². The van der Waals surface area contributed by atoms with E-state index in [0.29, 0.717) is 0 Å². The van der Waals surface area contributed by atoms with E-state index < -0.39 is 0 Å². The van der Waals surface area contributed by atoms with Gasteiger partial charge in [-0.1, -0.05) is 62.4 Å². The van der Waals surface area contributed by atoms with Crippen molar-refractivity contribution in [2.45, 2.75) is 20.3 Å². The van der Waals surface area contributed by atoms with Gasteiger partial charge in [0.25, 0.3) is 0 Å². The van der Waals surface area contributed by atoms with Gasteiger partial charge in [0.05, 0.1) is 17.7 Å². The summed E-state index contributed by atoms with van der Waals surface area (Å²) in [7, 11) is 0. The number of nitrogens with zero attached hydrogens (tertiary/aromatic N) is 1. The Morgan fingerprint density at radius 2 is 1.41 bits per heavy atom. The molecule has 0 aliphatic heterocycles. The third-order valence-corrected chi connectivity index (χ3v) is 3.58. The van der Waals surface area contributed by atoms with E-state index >= 15 is 0 Å². The van der Waals surface area contributed by atoms with E-state index in [2.05, 4.69) is 58.5 Å². The molecule has 1 aliphatic rings. The molecule has 2 nitrogen and oxygen atoms in total. The first-order valence-electron chi connectivity index (χ1n) is 7.13. The summed E-state index contributed by atoms with van der Waals surface area (Å²) in [6, 6.07) is 17.1. The molecule has 22 heavy (non-hydrogen) atoms. The predicted octanol–water partition coefficient (Wildman–Crippen LogP) is 5.12. The van der Waals surface area contributed by atoms with Crippen LogP contribution in [0.15, 0.2) is 54.9 Å². The Morgan fingerprint density at radius 3 is 2.09 bits per heavy atom. The van der Waals surface area contributed by atoms with Crippen LogP contribution in [0.2, 0.25) is 0 Å². The number of aromatic nitrogens is 2. The topological polar surface area (TPSA) is 28.7 Å². The molecule has 2 aromatic carbocycles. The third-order valence-electron chi connectivity index (χ3n) is 3.58. The number of imidazole rings is 1. The van der Waals surface area contributed by atoms with Crippen LogP contribution in [0.1, 0.15) is 25.0 Å². The molecule has 0 fully saturated rings. The van der Waals surface area contributed by atoms with Crippen LogP contribution in [-0.2, 0) is 39.1 Å². The summed E-state index contributed by atoms with van der Waals surface area (Å²) in [6.45, 7) is 4.00. The normalized spacial score (nSPS) is 10.3. The Kier molecular flexibility index (Phi) is 7.18. The van der Waals surface area contributed by atoms with Gasteiger partial charge in [0.1, 0.15) is 0 Å². The van der Waals surface area contributed by atoms with Gasteiger partial charge >= 0.3 is 0 Å². The standard InChI is InChI=1S/C16H12N2.C2H6.CH3.Y/c1-3-7-13-11(5-1)9-12-6-2-4-8-14(12)16-15(13)17-10-18-16;1-2;;/h1-8,10H,9H2,(H,17,18);1-2H3;1H3;/q;;-1;. The zero-order valence-electron chi connectivity index (χ0n) is 13.4. The molecule has 0 amide bonds. The van der Waals surface area contributed by atoms with Gasteiger partial charge in [-0.05, 0) is 17.5 Å². The fourth-order valence-electron chi connectivity index (χ4n) is 2.73. The summed E-state index contributed by atoms with van der Waals surface area (Å²) in [5.74, 6) is 0. The second-order valence-corrected chi connectivity index (χ2v) is 4.62. The van der Waals surface area contributed by atoms with Crippen molar-refractivity contribution in [3.63, 3.8) is 0 Å². The van der Waals surface area contributed by atoms with Crippen molar-refractivity contribution < 1.29 is 32.7 Å². The molecular formula is C19H21N2Y-. The van der Waals surface area contributed by atoms with Gasteiger partial charge in [-0.3, -0.25) is 0 Å². The van der Waals surface area contributed by atoms with E-state index in [9.17, 15) is 0 Å². The number of H-pyrrole nitrogens is 1. The average molecular weight is 366 g/mol. The van der Waals surface area contributed by atoms with Gasteiger partial charge in [-0.2, -0.15) is 0 Å². The number of rotatable bonds is 0.